The van der Waals surface area contributed by atoms with Crippen molar-refractivity contribution in [2.75, 3.05) is 19.6 Å². The molecule has 2 aliphatic rings. The summed E-state index contributed by atoms with van der Waals surface area (Å²) in [5, 5.41) is 6.50. The molecule has 6 heteroatoms. The first-order chi connectivity index (χ1) is 13.9. The summed E-state index contributed by atoms with van der Waals surface area (Å²) in [7, 11) is 0. The second-order valence-corrected chi connectivity index (χ2v) is 8.08. The van der Waals surface area contributed by atoms with Crippen molar-refractivity contribution in [2.24, 2.45) is 17.8 Å². The number of alkyl halides is 3. The lowest BCUT2D eigenvalue weighted by atomic mass is 9.83. The molecule has 1 heterocycles. The Morgan fingerprint density at radius 3 is 2.31 bits per heavy atom. The Balaban J connectivity index is 1.43. The van der Waals surface area contributed by atoms with E-state index in [-0.39, 0.29) is 5.91 Å². The molecule has 1 amide bonds. The van der Waals surface area contributed by atoms with Crippen molar-refractivity contribution < 1.29 is 18.0 Å². The van der Waals surface area contributed by atoms with E-state index in [1.165, 1.54) is 25.0 Å². The van der Waals surface area contributed by atoms with E-state index in [1.807, 2.05) is 0 Å². The summed E-state index contributed by atoms with van der Waals surface area (Å²) in [6.45, 7) is 2.77. The van der Waals surface area contributed by atoms with Crippen LogP contribution in [0.2, 0.25) is 0 Å². The van der Waals surface area contributed by atoms with Crippen LogP contribution in [0.3, 0.4) is 0 Å². The predicted octanol–water partition coefficient (Wildman–Crippen LogP) is 4.74. The number of fused-ring (bicyclic) bond motifs is 2. The molecule has 3 nitrogen and oxygen atoms in total. The van der Waals surface area contributed by atoms with E-state index in [0.29, 0.717) is 41.0 Å². The van der Waals surface area contributed by atoms with Crippen molar-refractivity contribution >= 4 is 5.91 Å². The number of hydrogen-bond donors (Lipinski definition) is 2. The van der Waals surface area contributed by atoms with Gasteiger partial charge in [-0.15, -0.1) is 0 Å². The number of piperidine rings is 1. The fourth-order valence-corrected chi connectivity index (χ4v) is 4.89. The molecule has 2 N–H and O–H groups in total. The Hall–Kier alpha value is -2.34. The number of carbonyl (C=O) groups excluding carboxylic acids is 1. The third kappa shape index (κ3) is 4.32. The molecular weight excluding hydrogens is 377 g/mol. The van der Waals surface area contributed by atoms with Gasteiger partial charge in [-0.05, 0) is 79.4 Å². The molecule has 0 aromatic heterocycles. The number of benzene rings is 2. The monoisotopic (exact) mass is 402 g/mol. The molecule has 1 saturated heterocycles. The first-order valence-corrected chi connectivity index (χ1v) is 10.2. The van der Waals surface area contributed by atoms with Crippen LogP contribution in [0.4, 0.5) is 13.2 Å². The lowest BCUT2D eigenvalue weighted by Crippen LogP contribution is -2.39. The van der Waals surface area contributed by atoms with E-state index in [1.54, 1.807) is 24.3 Å². The number of hydrogen-bond acceptors (Lipinski definition) is 2. The SMILES string of the molecule is O=C(NCCC1C2CCC1CNC2)c1ccccc1-c1ccc(C(F)(F)F)cc1. The van der Waals surface area contributed by atoms with Gasteiger partial charge in [0.1, 0.15) is 0 Å². The van der Waals surface area contributed by atoms with Crippen LogP contribution in [0.5, 0.6) is 0 Å². The lowest BCUT2D eigenvalue weighted by molar-refractivity contribution is -0.137. The largest absolute Gasteiger partial charge is 0.416 e. The zero-order chi connectivity index (χ0) is 20.4. The first-order valence-electron chi connectivity index (χ1n) is 10.2. The average Bonchev–Trinajstić information content (AvgIpc) is 2.93. The minimum absolute atomic E-state index is 0.179. The summed E-state index contributed by atoms with van der Waals surface area (Å²) < 4.78 is 38.4. The van der Waals surface area contributed by atoms with E-state index >= 15 is 0 Å². The lowest BCUT2D eigenvalue weighted by Gasteiger charge is -2.30. The van der Waals surface area contributed by atoms with Gasteiger partial charge in [-0.25, -0.2) is 0 Å². The van der Waals surface area contributed by atoms with Crippen LogP contribution < -0.4 is 10.6 Å². The summed E-state index contributed by atoms with van der Waals surface area (Å²) in [5.74, 6) is 1.92. The van der Waals surface area contributed by atoms with Gasteiger partial charge < -0.3 is 10.6 Å². The minimum atomic E-state index is -4.37. The average molecular weight is 402 g/mol. The van der Waals surface area contributed by atoms with Gasteiger partial charge in [0.15, 0.2) is 0 Å². The maximum absolute atomic E-state index is 12.8. The summed E-state index contributed by atoms with van der Waals surface area (Å²) in [6.07, 6.45) is -0.852. The van der Waals surface area contributed by atoms with Gasteiger partial charge in [-0.1, -0.05) is 30.3 Å². The van der Waals surface area contributed by atoms with Gasteiger partial charge in [0, 0.05) is 12.1 Å². The molecule has 1 aliphatic carbocycles. The topological polar surface area (TPSA) is 41.1 Å². The van der Waals surface area contributed by atoms with Crippen LogP contribution in [0.25, 0.3) is 11.1 Å². The fourth-order valence-electron chi connectivity index (χ4n) is 4.89. The maximum Gasteiger partial charge on any atom is 0.416 e. The van der Waals surface area contributed by atoms with E-state index in [9.17, 15) is 18.0 Å². The van der Waals surface area contributed by atoms with Crippen molar-refractivity contribution in [2.45, 2.75) is 25.4 Å². The summed E-state index contributed by atoms with van der Waals surface area (Å²) >= 11 is 0. The highest BCUT2D eigenvalue weighted by atomic mass is 19.4. The van der Waals surface area contributed by atoms with Crippen LogP contribution >= 0.6 is 0 Å². The van der Waals surface area contributed by atoms with E-state index < -0.39 is 11.7 Å². The maximum atomic E-state index is 12.8. The van der Waals surface area contributed by atoms with Crippen LogP contribution in [0.15, 0.2) is 48.5 Å². The Morgan fingerprint density at radius 1 is 1.00 bits per heavy atom. The molecule has 0 spiro atoms. The standard InChI is InChI=1S/C23H25F3N2O/c24-23(25,26)18-9-7-15(8-10-18)20-3-1-2-4-21(20)22(29)28-12-11-19-16-5-6-17(19)14-27-13-16/h1-4,7-10,16-17,19,27H,5-6,11-14H2,(H,28,29). The number of amides is 1. The molecule has 154 valence electrons. The van der Waals surface area contributed by atoms with Gasteiger partial charge in [0.05, 0.1) is 5.56 Å². The molecule has 2 fully saturated rings. The highest BCUT2D eigenvalue weighted by Gasteiger charge is 2.38. The highest BCUT2D eigenvalue weighted by Crippen LogP contribution is 2.40. The summed E-state index contributed by atoms with van der Waals surface area (Å²) in [6, 6.07) is 12.0. The number of rotatable bonds is 5. The highest BCUT2D eigenvalue weighted by molar-refractivity contribution is 6.00. The van der Waals surface area contributed by atoms with Crippen LogP contribution in [0, 0.1) is 17.8 Å². The van der Waals surface area contributed by atoms with Crippen LogP contribution in [-0.4, -0.2) is 25.5 Å². The third-order valence-corrected chi connectivity index (χ3v) is 6.39. The first kappa shape index (κ1) is 20.0. The molecule has 2 unspecified atom stereocenters. The quantitative estimate of drug-likeness (QED) is 0.759. The smallest absolute Gasteiger partial charge is 0.352 e. The van der Waals surface area contributed by atoms with E-state index in [0.717, 1.165) is 31.6 Å². The Labute approximate surface area is 168 Å². The van der Waals surface area contributed by atoms with Crippen molar-refractivity contribution in [3.8, 4) is 11.1 Å². The molecule has 2 bridgehead atoms. The zero-order valence-corrected chi connectivity index (χ0v) is 16.1. The number of nitrogens with one attached hydrogen (secondary N) is 2. The van der Waals surface area contributed by atoms with Gasteiger partial charge in [-0.3, -0.25) is 4.79 Å². The Kier molecular flexibility index (Phi) is 5.63. The molecular formula is C23H25F3N2O. The molecule has 1 saturated carbocycles. The molecule has 4 rings (SSSR count). The van der Waals surface area contributed by atoms with Gasteiger partial charge in [0.25, 0.3) is 5.91 Å². The molecule has 2 atom stereocenters. The third-order valence-electron chi connectivity index (χ3n) is 6.39. The van der Waals surface area contributed by atoms with Crippen molar-refractivity contribution in [3.63, 3.8) is 0 Å². The fraction of sp³-hybridized carbons (Fsp3) is 0.435. The van der Waals surface area contributed by atoms with E-state index in [4.69, 9.17) is 0 Å². The molecule has 0 radical (unpaired) electrons. The number of halogens is 3. The molecule has 2 aromatic rings. The van der Waals surface area contributed by atoms with Gasteiger partial charge in [-0.2, -0.15) is 13.2 Å². The normalized spacial score (nSPS) is 23.8. The second-order valence-electron chi connectivity index (χ2n) is 8.08. The Bertz CT molecular complexity index is 847. The second kappa shape index (κ2) is 8.19. The van der Waals surface area contributed by atoms with Crippen LogP contribution in [0.1, 0.15) is 35.2 Å². The van der Waals surface area contributed by atoms with Crippen LogP contribution in [-0.2, 0) is 6.18 Å². The molecule has 2 aromatic carbocycles. The molecule has 29 heavy (non-hydrogen) atoms. The zero-order valence-electron chi connectivity index (χ0n) is 16.1. The van der Waals surface area contributed by atoms with Gasteiger partial charge >= 0.3 is 6.18 Å². The van der Waals surface area contributed by atoms with Crippen molar-refractivity contribution in [1.82, 2.24) is 10.6 Å². The summed E-state index contributed by atoms with van der Waals surface area (Å²) in [4.78, 5) is 12.8. The van der Waals surface area contributed by atoms with E-state index in [2.05, 4.69) is 10.6 Å². The molecule has 1 aliphatic heterocycles. The van der Waals surface area contributed by atoms with Crippen molar-refractivity contribution in [1.29, 1.82) is 0 Å². The van der Waals surface area contributed by atoms with Gasteiger partial charge in [0.2, 0.25) is 0 Å². The Morgan fingerprint density at radius 2 is 1.66 bits per heavy atom. The number of carbonyl (C=O) groups is 1. The van der Waals surface area contributed by atoms with Crippen molar-refractivity contribution in [3.05, 3.63) is 59.7 Å². The predicted molar refractivity (Wildman–Crippen MR) is 106 cm³/mol. The summed E-state index contributed by atoms with van der Waals surface area (Å²) in [5.41, 5.74) is 1.03. The minimum Gasteiger partial charge on any atom is -0.352 e.